The van der Waals surface area contributed by atoms with Gasteiger partial charge in [0, 0.05) is 5.54 Å². The highest BCUT2D eigenvalue weighted by atomic mass is 16.5. The molecule has 1 N–H and O–H groups in total. The summed E-state index contributed by atoms with van der Waals surface area (Å²) in [7, 11) is 0. The van der Waals surface area contributed by atoms with E-state index in [4.69, 9.17) is 10.00 Å². The summed E-state index contributed by atoms with van der Waals surface area (Å²) in [6.07, 6.45) is 6.96. The molecule has 0 aromatic heterocycles. The Balaban J connectivity index is 1.41. The normalized spacial score (nSPS) is 34.4. The molecule has 4 saturated carbocycles. The molecule has 126 valence electrons. The number of hydrogen-bond acceptors (Lipinski definition) is 3. The molecule has 1 unspecified atom stereocenters. The fraction of sp³-hybridized carbons (Fsp3) is 0.600. The lowest BCUT2D eigenvalue weighted by Crippen LogP contribution is -2.61. The first-order valence-corrected chi connectivity index (χ1v) is 9.04. The van der Waals surface area contributed by atoms with Crippen LogP contribution >= 0.6 is 0 Å². The van der Waals surface area contributed by atoms with Gasteiger partial charge in [-0.2, -0.15) is 5.26 Å². The van der Waals surface area contributed by atoms with Crippen LogP contribution in [-0.4, -0.2) is 17.6 Å². The number of carbonyl (C=O) groups is 1. The SMILES string of the molecule is CC(Oc1cccc(C#N)c1)C(=O)NC12CC3CC(CC(C3)C1)C2. The second-order valence-corrected chi connectivity index (χ2v) is 8.09. The fourth-order valence-corrected chi connectivity index (χ4v) is 5.52. The number of carbonyl (C=O) groups excluding carboxylic acids is 1. The molecule has 0 heterocycles. The number of nitriles is 1. The maximum atomic E-state index is 12.7. The van der Waals surface area contributed by atoms with E-state index in [9.17, 15) is 4.79 Å². The van der Waals surface area contributed by atoms with Crippen LogP contribution in [0.15, 0.2) is 24.3 Å². The van der Waals surface area contributed by atoms with E-state index >= 15 is 0 Å². The average Bonchev–Trinajstić information content (AvgIpc) is 2.53. The number of hydrogen-bond donors (Lipinski definition) is 1. The van der Waals surface area contributed by atoms with Crippen molar-refractivity contribution in [2.75, 3.05) is 0 Å². The smallest absolute Gasteiger partial charge is 0.261 e. The zero-order valence-corrected chi connectivity index (χ0v) is 14.1. The molecular formula is C20H24N2O2. The summed E-state index contributed by atoms with van der Waals surface area (Å²) < 4.78 is 5.77. The summed E-state index contributed by atoms with van der Waals surface area (Å²) in [5, 5.41) is 12.3. The van der Waals surface area contributed by atoms with Crippen LogP contribution in [0.2, 0.25) is 0 Å². The van der Waals surface area contributed by atoms with Gasteiger partial charge in [-0.1, -0.05) is 6.07 Å². The Bertz CT molecular complexity index is 656. The Hall–Kier alpha value is -2.02. The van der Waals surface area contributed by atoms with E-state index in [-0.39, 0.29) is 11.4 Å². The van der Waals surface area contributed by atoms with Gasteiger partial charge in [0.05, 0.1) is 11.6 Å². The number of benzene rings is 1. The lowest BCUT2D eigenvalue weighted by Gasteiger charge is -2.57. The summed E-state index contributed by atoms with van der Waals surface area (Å²) in [4.78, 5) is 12.7. The molecule has 0 saturated heterocycles. The maximum absolute atomic E-state index is 12.7. The Kier molecular flexibility index (Phi) is 3.75. The number of amides is 1. The minimum absolute atomic E-state index is 0.0119. The molecule has 0 aliphatic heterocycles. The topological polar surface area (TPSA) is 62.1 Å². The Morgan fingerprint density at radius 1 is 1.25 bits per heavy atom. The van der Waals surface area contributed by atoms with Gasteiger partial charge in [0.2, 0.25) is 0 Å². The molecule has 4 aliphatic rings. The van der Waals surface area contributed by atoms with Crippen LogP contribution in [0, 0.1) is 29.1 Å². The van der Waals surface area contributed by atoms with Crippen molar-refractivity contribution in [3.8, 4) is 11.8 Å². The van der Waals surface area contributed by atoms with Crippen LogP contribution in [-0.2, 0) is 4.79 Å². The highest BCUT2D eigenvalue weighted by Gasteiger charge is 2.51. The molecule has 4 bridgehead atoms. The Morgan fingerprint density at radius 3 is 2.46 bits per heavy atom. The molecule has 4 nitrogen and oxygen atoms in total. The van der Waals surface area contributed by atoms with E-state index in [0.717, 1.165) is 37.0 Å². The Labute approximate surface area is 143 Å². The first kappa shape index (κ1) is 15.5. The molecule has 1 amide bonds. The summed E-state index contributed by atoms with van der Waals surface area (Å²) in [6.45, 7) is 1.79. The van der Waals surface area contributed by atoms with Gasteiger partial charge >= 0.3 is 0 Å². The van der Waals surface area contributed by atoms with Gasteiger partial charge in [0.1, 0.15) is 5.75 Å². The molecule has 4 heteroatoms. The standard InChI is InChI=1S/C20H24N2O2/c1-13(24-18-4-2-3-14(8-18)12-21)19(23)22-20-9-15-5-16(10-20)7-17(6-15)11-20/h2-4,8,13,15-17H,5-7,9-11H2,1H3,(H,22,23). The van der Waals surface area contributed by atoms with Crippen molar-refractivity contribution in [1.82, 2.24) is 5.32 Å². The van der Waals surface area contributed by atoms with E-state index in [1.807, 2.05) is 0 Å². The first-order chi connectivity index (χ1) is 11.5. The van der Waals surface area contributed by atoms with Crippen LogP contribution in [0.5, 0.6) is 5.75 Å². The monoisotopic (exact) mass is 324 g/mol. The van der Waals surface area contributed by atoms with Crippen LogP contribution in [0.3, 0.4) is 0 Å². The van der Waals surface area contributed by atoms with Crippen molar-refractivity contribution in [2.45, 2.75) is 57.1 Å². The summed E-state index contributed by atoms with van der Waals surface area (Å²) >= 11 is 0. The van der Waals surface area contributed by atoms with Gasteiger partial charge in [-0.3, -0.25) is 4.79 Å². The molecule has 0 spiro atoms. The highest BCUT2D eigenvalue weighted by molar-refractivity contribution is 5.81. The quantitative estimate of drug-likeness (QED) is 0.923. The molecule has 0 radical (unpaired) electrons. The number of nitrogens with one attached hydrogen (secondary N) is 1. The number of ether oxygens (including phenoxy) is 1. The lowest BCUT2D eigenvalue weighted by molar-refractivity contribution is -0.133. The van der Waals surface area contributed by atoms with Gasteiger partial charge < -0.3 is 10.1 Å². The van der Waals surface area contributed by atoms with Gasteiger partial charge in [-0.25, -0.2) is 0 Å². The van der Waals surface area contributed by atoms with E-state index in [1.165, 1.54) is 19.3 Å². The van der Waals surface area contributed by atoms with Gasteiger partial charge in [0.15, 0.2) is 6.10 Å². The Morgan fingerprint density at radius 2 is 1.88 bits per heavy atom. The third-order valence-electron chi connectivity index (χ3n) is 6.07. The lowest BCUT2D eigenvalue weighted by atomic mass is 9.53. The molecule has 5 rings (SSSR count). The first-order valence-electron chi connectivity index (χ1n) is 9.04. The van der Waals surface area contributed by atoms with Crippen LogP contribution in [0.25, 0.3) is 0 Å². The largest absolute Gasteiger partial charge is 0.481 e. The molecule has 4 aliphatic carbocycles. The molecule has 1 aromatic rings. The van der Waals surface area contributed by atoms with Crippen molar-refractivity contribution in [2.24, 2.45) is 17.8 Å². The summed E-state index contributed by atoms with van der Waals surface area (Å²) in [5.74, 6) is 2.96. The zero-order chi connectivity index (χ0) is 16.7. The van der Waals surface area contributed by atoms with Crippen LogP contribution in [0.1, 0.15) is 51.0 Å². The van der Waals surface area contributed by atoms with Gasteiger partial charge in [0.25, 0.3) is 5.91 Å². The zero-order valence-electron chi connectivity index (χ0n) is 14.1. The molecular weight excluding hydrogens is 300 g/mol. The van der Waals surface area contributed by atoms with Crippen molar-refractivity contribution in [1.29, 1.82) is 5.26 Å². The fourth-order valence-electron chi connectivity index (χ4n) is 5.52. The van der Waals surface area contributed by atoms with E-state index < -0.39 is 6.10 Å². The van der Waals surface area contributed by atoms with Crippen molar-refractivity contribution in [3.63, 3.8) is 0 Å². The summed E-state index contributed by atoms with van der Waals surface area (Å²) in [6, 6.07) is 9.06. The van der Waals surface area contributed by atoms with Crippen LogP contribution in [0.4, 0.5) is 0 Å². The van der Waals surface area contributed by atoms with Crippen molar-refractivity contribution < 1.29 is 9.53 Å². The van der Waals surface area contributed by atoms with Crippen molar-refractivity contribution >= 4 is 5.91 Å². The van der Waals surface area contributed by atoms with Gasteiger partial charge in [-0.15, -0.1) is 0 Å². The van der Waals surface area contributed by atoms with Gasteiger partial charge in [-0.05, 0) is 81.4 Å². The second-order valence-electron chi connectivity index (χ2n) is 8.09. The minimum atomic E-state index is -0.549. The summed E-state index contributed by atoms with van der Waals surface area (Å²) in [5.41, 5.74) is 0.555. The third-order valence-corrected chi connectivity index (χ3v) is 6.07. The highest BCUT2D eigenvalue weighted by Crippen LogP contribution is 2.55. The third kappa shape index (κ3) is 2.88. The van der Waals surface area contributed by atoms with E-state index in [1.54, 1.807) is 31.2 Å². The maximum Gasteiger partial charge on any atom is 0.261 e. The number of rotatable bonds is 4. The predicted molar refractivity (Wildman–Crippen MR) is 90.3 cm³/mol. The molecule has 1 aromatic carbocycles. The van der Waals surface area contributed by atoms with Crippen molar-refractivity contribution in [3.05, 3.63) is 29.8 Å². The molecule has 1 atom stereocenters. The predicted octanol–water partition coefficient (Wildman–Crippen LogP) is 3.41. The van der Waals surface area contributed by atoms with E-state index in [2.05, 4.69) is 11.4 Å². The van der Waals surface area contributed by atoms with Crippen LogP contribution < -0.4 is 10.1 Å². The minimum Gasteiger partial charge on any atom is -0.481 e. The molecule has 4 fully saturated rings. The number of nitrogens with zero attached hydrogens (tertiary/aromatic N) is 1. The second kappa shape index (κ2) is 5.81. The van der Waals surface area contributed by atoms with E-state index in [0.29, 0.717) is 11.3 Å². The average molecular weight is 324 g/mol. The molecule has 24 heavy (non-hydrogen) atoms.